The number of hydrogen-bond donors (Lipinski definition) is 1. The Morgan fingerprint density at radius 1 is 1.29 bits per heavy atom. The Kier molecular flexibility index (Phi) is 8.00. The highest BCUT2D eigenvalue weighted by Crippen LogP contribution is 2.25. The second-order valence-electron chi connectivity index (χ2n) is 5.23. The number of unbranched alkanes of at least 4 members (excludes halogenated alkanes) is 4. The van der Waals surface area contributed by atoms with Crippen molar-refractivity contribution in [3.8, 4) is 0 Å². The van der Waals surface area contributed by atoms with Crippen LogP contribution in [-0.2, 0) is 4.57 Å². The molecule has 1 aliphatic rings. The number of hydrogen-bond acceptors (Lipinski definition) is 2. The van der Waals surface area contributed by atoms with Gasteiger partial charge in [0.15, 0.2) is 6.16 Å². The van der Waals surface area contributed by atoms with Gasteiger partial charge in [-0.2, -0.15) is 4.89 Å². The van der Waals surface area contributed by atoms with E-state index >= 15 is 0 Å². The Hall–Kier alpha value is 0.0200. The van der Waals surface area contributed by atoms with Crippen LogP contribution in [0.4, 0.5) is 0 Å². The Balaban J connectivity index is 1.99. The van der Waals surface area contributed by atoms with Crippen molar-refractivity contribution in [2.75, 3.05) is 25.8 Å². The lowest BCUT2D eigenvalue weighted by Crippen LogP contribution is -2.22. The fraction of sp³-hybridized carbons (Fsp3) is 1.00. The topological polar surface area (TPSA) is 40.5 Å². The molecule has 2 atom stereocenters. The second kappa shape index (κ2) is 9.02. The molecule has 0 aromatic carbocycles. The first kappa shape index (κ1) is 15.1. The quantitative estimate of drug-likeness (QED) is 0.510. The fourth-order valence-corrected chi connectivity index (χ4v) is 3.17. The lowest BCUT2D eigenvalue weighted by molar-refractivity contribution is 0.313. The van der Waals surface area contributed by atoms with Gasteiger partial charge >= 0.3 is 8.03 Å². The van der Waals surface area contributed by atoms with Crippen LogP contribution in [0, 0.1) is 5.92 Å². The summed E-state index contributed by atoms with van der Waals surface area (Å²) in [7, 11) is -1.92. The van der Waals surface area contributed by atoms with Gasteiger partial charge in [0.1, 0.15) is 0 Å². The second-order valence-corrected chi connectivity index (χ2v) is 6.39. The smallest absolute Gasteiger partial charge is 0.303 e. The molecule has 0 amide bonds. The third-order valence-corrected chi connectivity index (χ3v) is 4.32. The zero-order chi connectivity index (χ0) is 12.5. The van der Waals surface area contributed by atoms with E-state index in [0.29, 0.717) is 12.1 Å². The minimum Gasteiger partial charge on any atom is -0.303 e. The Bertz CT molecular complexity index is 223. The molecule has 0 aromatic rings. The van der Waals surface area contributed by atoms with Gasteiger partial charge in [-0.05, 0) is 42.8 Å². The molecule has 1 saturated heterocycles. The molecule has 1 fully saturated rings. The van der Waals surface area contributed by atoms with Crippen LogP contribution in [0.25, 0.3) is 0 Å². The average molecular weight is 260 g/mol. The normalized spacial score (nSPS) is 22.0. The van der Waals surface area contributed by atoms with Crippen molar-refractivity contribution < 1.29 is 9.46 Å². The van der Waals surface area contributed by atoms with E-state index in [9.17, 15) is 4.57 Å². The summed E-state index contributed by atoms with van der Waals surface area (Å²) >= 11 is 0. The number of likely N-dealkylation sites (tertiary alicyclic amines) is 1. The maximum absolute atomic E-state index is 10.6. The molecule has 17 heavy (non-hydrogen) atoms. The van der Waals surface area contributed by atoms with Gasteiger partial charge in [0.2, 0.25) is 0 Å². The van der Waals surface area contributed by atoms with Crippen LogP contribution in [0.5, 0.6) is 0 Å². The Morgan fingerprint density at radius 3 is 2.76 bits per heavy atom. The van der Waals surface area contributed by atoms with E-state index in [-0.39, 0.29) is 0 Å². The summed E-state index contributed by atoms with van der Waals surface area (Å²) in [5.41, 5.74) is 0. The van der Waals surface area contributed by atoms with Crippen molar-refractivity contribution in [2.45, 2.75) is 51.9 Å². The maximum Gasteiger partial charge on any atom is 0.505 e. The summed E-state index contributed by atoms with van der Waals surface area (Å²) in [5, 5.41) is 0. The molecular weight excluding hydrogens is 233 g/mol. The van der Waals surface area contributed by atoms with Crippen LogP contribution in [-0.4, -0.2) is 35.6 Å². The molecule has 1 aliphatic heterocycles. The molecule has 1 unspecified atom stereocenters. The molecule has 0 bridgehead atoms. The van der Waals surface area contributed by atoms with E-state index in [0.717, 1.165) is 13.0 Å². The Labute approximate surface area is 106 Å². The zero-order valence-corrected chi connectivity index (χ0v) is 12.0. The van der Waals surface area contributed by atoms with E-state index < -0.39 is 8.03 Å². The van der Waals surface area contributed by atoms with Gasteiger partial charge in [0, 0.05) is 6.54 Å². The van der Waals surface area contributed by atoms with E-state index in [1.54, 1.807) is 0 Å². The van der Waals surface area contributed by atoms with Gasteiger partial charge in [-0.1, -0.05) is 32.6 Å². The minimum atomic E-state index is -1.92. The molecule has 0 spiro atoms. The molecule has 0 saturated carbocycles. The molecule has 1 heterocycles. The summed E-state index contributed by atoms with van der Waals surface area (Å²) < 4.78 is 10.6. The first-order valence-corrected chi connectivity index (χ1v) is 8.48. The molecule has 3 nitrogen and oxygen atoms in total. The average Bonchev–Trinajstić information content (AvgIpc) is 2.74. The predicted molar refractivity (Wildman–Crippen MR) is 72.6 cm³/mol. The minimum absolute atomic E-state index is 0.490. The van der Waals surface area contributed by atoms with E-state index in [2.05, 4.69) is 11.8 Å². The maximum atomic E-state index is 10.6. The molecular formula is C13H27NO2P+. The molecule has 1 rings (SSSR count). The largest absolute Gasteiger partial charge is 0.505 e. The highest BCUT2D eigenvalue weighted by molar-refractivity contribution is 7.37. The van der Waals surface area contributed by atoms with Crippen molar-refractivity contribution in [1.82, 2.24) is 4.90 Å². The third-order valence-electron chi connectivity index (χ3n) is 3.68. The Morgan fingerprint density at radius 2 is 2.06 bits per heavy atom. The highest BCUT2D eigenvalue weighted by atomic mass is 31.1. The van der Waals surface area contributed by atoms with Crippen LogP contribution in [0.1, 0.15) is 51.9 Å². The van der Waals surface area contributed by atoms with Crippen molar-refractivity contribution in [1.29, 1.82) is 0 Å². The molecule has 0 radical (unpaired) electrons. The summed E-state index contributed by atoms with van der Waals surface area (Å²) in [6.07, 6.45) is 9.37. The van der Waals surface area contributed by atoms with Gasteiger partial charge in [0.05, 0.1) is 0 Å². The fourth-order valence-electron chi connectivity index (χ4n) is 2.58. The molecule has 100 valence electrons. The van der Waals surface area contributed by atoms with Crippen LogP contribution < -0.4 is 0 Å². The van der Waals surface area contributed by atoms with Crippen molar-refractivity contribution in [3.63, 3.8) is 0 Å². The third kappa shape index (κ3) is 7.13. The molecule has 0 aromatic heterocycles. The highest BCUT2D eigenvalue weighted by Gasteiger charge is 2.24. The first-order chi connectivity index (χ1) is 8.22. The van der Waals surface area contributed by atoms with Gasteiger partial charge in [-0.15, -0.1) is 0 Å². The lowest BCUT2D eigenvalue weighted by atomic mass is 10.1. The van der Waals surface area contributed by atoms with E-state index in [1.165, 1.54) is 51.6 Å². The standard InChI is InChI=1S/C13H26NO2P/c1-2-3-4-5-6-9-14-10-7-13(12-14)8-11-17(15)16/h13H,2-12H2,1H3/p+1/t13-/m0/s1. The van der Waals surface area contributed by atoms with E-state index in [4.69, 9.17) is 4.89 Å². The van der Waals surface area contributed by atoms with Crippen LogP contribution >= 0.6 is 8.03 Å². The zero-order valence-electron chi connectivity index (χ0n) is 11.1. The number of rotatable bonds is 9. The van der Waals surface area contributed by atoms with Gasteiger partial charge in [0.25, 0.3) is 0 Å². The van der Waals surface area contributed by atoms with Gasteiger partial charge < -0.3 is 4.90 Å². The van der Waals surface area contributed by atoms with Crippen molar-refractivity contribution in [2.24, 2.45) is 5.92 Å². The summed E-state index contributed by atoms with van der Waals surface area (Å²) in [5.74, 6) is 0.664. The predicted octanol–water partition coefficient (Wildman–Crippen LogP) is 3.40. The first-order valence-electron chi connectivity index (χ1n) is 7.08. The van der Waals surface area contributed by atoms with Crippen molar-refractivity contribution in [3.05, 3.63) is 0 Å². The monoisotopic (exact) mass is 260 g/mol. The van der Waals surface area contributed by atoms with Crippen LogP contribution in [0.15, 0.2) is 0 Å². The summed E-state index contributed by atoms with van der Waals surface area (Å²) in [6.45, 7) is 5.82. The lowest BCUT2D eigenvalue weighted by Gasteiger charge is -2.15. The van der Waals surface area contributed by atoms with Gasteiger partial charge in [-0.25, -0.2) is 0 Å². The van der Waals surface area contributed by atoms with Crippen LogP contribution in [0.3, 0.4) is 0 Å². The molecule has 4 heteroatoms. The number of nitrogens with zero attached hydrogens (tertiary/aromatic N) is 1. The summed E-state index contributed by atoms with van der Waals surface area (Å²) in [4.78, 5) is 11.3. The van der Waals surface area contributed by atoms with Gasteiger partial charge in [-0.3, -0.25) is 0 Å². The van der Waals surface area contributed by atoms with E-state index in [1.807, 2.05) is 0 Å². The van der Waals surface area contributed by atoms with Crippen molar-refractivity contribution >= 4 is 8.03 Å². The van der Waals surface area contributed by atoms with Crippen LogP contribution in [0.2, 0.25) is 0 Å². The summed E-state index contributed by atoms with van der Waals surface area (Å²) in [6, 6.07) is 0. The molecule has 1 N–H and O–H groups in total. The SMILES string of the molecule is CCCCCCCN1CC[C@@H](CC[P+](=O)O)C1. The molecule has 0 aliphatic carbocycles.